The topological polar surface area (TPSA) is 41.1 Å². The van der Waals surface area contributed by atoms with Crippen LogP contribution in [0.3, 0.4) is 0 Å². The smallest absolute Gasteiger partial charge is 0.234 e. The van der Waals surface area contributed by atoms with Crippen molar-refractivity contribution in [2.75, 3.05) is 24.6 Å². The number of nitrogens with one attached hydrogen (secondary N) is 2. The van der Waals surface area contributed by atoms with Crippen molar-refractivity contribution in [2.24, 2.45) is 5.92 Å². The Morgan fingerprint density at radius 1 is 1.21 bits per heavy atom. The van der Waals surface area contributed by atoms with Crippen LogP contribution in [-0.4, -0.2) is 30.5 Å². The van der Waals surface area contributed by atoms with E-state index >= 15 is 0 Å². The maximum Gasteiger partial charge on any atom is 0.234 e. The van der Waals surface area contributed by atoms with Gasteiger partial charge in [0.25, 0.3) is 0 Å². The summed E-state index contributed by atoms with van der Waals surface area (Å²) in [6.07, 6.45) is 2.56. The minimum absolute atomic E-state index is 0.0778. The van der Waals surface area contributed by atoms with E-state index in [1.54, 1.807) is 0 Å². The van der Waals surface area contributed by atoms with Gasteiger partial charge < -0.3 is 10.6 Å². The molecule has 0 aliphatic carbocycles. The molecule has 0 bridgehead atoms. The highest BCUT2D eigenvalue weighted by Gasteiger charge is 2.13. The van der Waals surface area contributed by atoms with Crippen LogP contribution in [0.5, 0.6) is 0 Å². The van der Waals surface area contributed by atoms with Crippen LogP contribution in [-0.2, 0) is 11.3 Å². The summed E-state index contributed by atoms with van der Waals surface area (Å²) in [5, 5.41) is 6.20. The van der Waals surface area contributed by atoms with Gasteiger partial charge in [-0.15, -0.1) is 0 Å². The van der Waals surface area contributed by atoms with E-state index in [4.69, 9.17) is 0 Å². The van der Waals surface area contributed by atoms with Crippen molar-refractivity contribution in [3.8, 4) is 0 Å². The molecule has 2 N–H and O–H groups in total. The molecule has 1 aromatic carbocycles. The average molecular weight is 278 g/mol. The molecule has 1 aromatic rings. The molecule has 1 amide bonds. The molecule has 1 heterocycles. The lowest BCUT2D eigenvalue weighted by Crippen LogP contribution is -2.36. The molecule has 0 unspecified atom stereocenters. The first-order valence-electron chi connectivity index (χ1n) is 6.93. The van der Waals surface area contributed by atoms with Gasteiger partial charge >= 0.3 is 0 Å². The lowest BCUT2D eigenvalue weighted by atomic mass is 10.0. The number of hydrogen-bond acceptors (Lipinski definition) is 3. The van der Waals surface area contributed by atoms with Crippen molar-refractivity contribution in [1.82, 2.24) is 10.6 Å². The molecular formula is C15H22N2OS. The lowest BCUT2D eigenvalue weighted by molar-refractivity contribution is -0.120. The van der Waals surface area contributed by atoms with Gasteiger partial charge in [-0.25, -0.2) is 0 Å². The first-order valence-corrected chi connectivity index (χ1v) is 8.09. The van der Waals surface area contributed by atoms with Crippen LogP contribution < -0.4 is 10.6 Å². The van der Waals surface area contributed by atoms with E-state index in [1.807, 2.05) is 42.1 Å². The van der Waals surface area contributed by atoms with Gasteiger partial charge in [0.1, 0.15) is 0 Å². The summed E-state index contributed by atoms with van der Waals surface area (Å²) in [4.78, 5) is 11.7. The predicted octanol–water partition coefficient (Wildman–Crippen LogP) is 2.04. The normalized spacial score (nSPS) is 16.2. The number of benzene rings is 1. The van der Waals surface area contributed by atoms with Crippen LogP contribution in [0.2, 0.25) is 0 Å². The number of hydrogen-bond donors (Lipinski definition) is 2. The molecule has 3 nitrogen and oxygen atoms in total. The third-order valence-corrected chi connectivity index (χ3v) is 4.44. The van der Waals surface area contributed by atoms with E-state index in [9.17, 15) is 4.79 Å². The summed E-state index contributed by atoms with van der Waals surface area (Å²) in [5.41, 5.74) is 1.14. The van der Waals surface area contributed by atoms with Crippen LogP contribution in [0.1, 0.15) is 18.4 Å². The van der Waals surface area contributed by atoms with E-state index in [1.165, 1.54) is 24.3 Å². The predicted molar refractivity (Wildman–Crippen MR) is 81.2 cm³/mol. The second kappa shape index (κ2) is 8.23. The SMILES string of the molecule is O=C(CNCC1CCSCC1)NCc1ccccc1. The molecule has 1 aliphatic heterocycles. The fraction of sp³-hybridized carbons (Fsp3) is 0.533. The zero-order chi connectivity index (χ0) is 13.3. The van der Waals surface area contributed by atoms with Gasteiger partial charge in [-0.3, -0.25) is 4.79 Å². The standard InChI is InChI=1S/C15H22N2OS/c18-15(17-11-13-4-2-1-3-5-13)12-16-10-14-6-8-19-9-7-14/h1-5,14,16H,6-12H2,(H,17,18). The number of thioether (sulfide) groups is 1. The number of rotatable bonds is 6. The minimum Gasteiger partial charge on any atom is -0.351 e. The largest absolute Gasteiger partial charge is 0.351 e. The second-order valence-corrected chi connectivity index (χ2v) is 6.17. The molecule has 104 valence electrons. The maximum absolute atomic E-state index is 11.7. The number of carbonyl (C=O) groups is 1. The van der Waals surface area contributed by atoms with Gasteiger partial charge in [-0.2, -0.15) is 11.8 Å². The van der Waals surface area contributed by atoms with Crippen LogP contribution in [0, 0.1) is 5.92 Å². The quantitative estimate of drug-likeness (QED) is 0.836. The zero-order valence-electron chi connectivity index (χ0n) is 11.2. The molecular weight excluding hydrogens is 256 g/mol. The Morgan fingerprint density at radius 3 is 2.68 bits per heavy atom. The summed E-state index contributed by atoms with van der Waals surface area (Å²) in [7, 11) is 0. The van der Waals surface area contributed by atoms with E-state index in [0.717, 1.165) is 18.0 Å². The third kappa shape index (κ3) is 5.66. The summed E-state index contributed by atoms with van der Waals surface area (Å²) in [6.45, 7) is 2.01. The Labute approximate surface area is 119 Å². The first-order chi connectivity index (χ1) is 9.34. The van der Waals surface area contributed by atoms with Gasteiger partial charge in [0.2, 0.25) is 5.91 Å². The molecule has 0 spiro atoms. The lowest BCUT2D eigenvalue weighted by Gasteiger charge is -2.21. The molecule has 0 atom stereocenters. The van der Waals surface area contributed by atoms with Crippen molar-refractivity contribution in [2.45, 2.75) is 19.4 Å². The number of amides is 1. The van der Waals surface area contributed by atoms with Gasteiger partial charge in [-0.05, 0) is 42.4 Å². The minimum atomic E-state index is 0.0778. The molecule has 2 rings (SSSR count). The molecule has 0 radical (unpaired) electrons. The highest BCUT2D eigenvalue weighted by Crippen LogP contribution is 2.21. The summed E-state index contributed by atoms with van der Waals surface area (Å²) in [5.74, 6) is 3.37. The van der Waals surface area contributed by atoms with Crippen LogP contribution in [0.15, 0.2) is 30.3 Å². The van der Waals surface area contributed by atoms with Crippen molar-refractivity contribution >= 4 is 17.7 Å². The fourth-order valence-corrected chi connectivity index (χ4v) is 3.40. The average Bonchev–Trinajstić information content (AvgIpc) is 2.47. The molecule has 1 saturated heterocycles. The van der Waals surface area contributed by atoms with Gasteiger partial charge in [0, 0.05) is 6.54 Å². The molecule has 0 saturated carbocycles. The Hall–Kier alpha value is -1.00. The summed E-state index contributed by atoms with van der Waals surface area (Å²) >= 11 is 2.04. The van der Waals surface area contributed by atoms with Crippen LogP contribution >= 0.6 is 11.8 Å². The highest BCUT2D eigenvalue weighted by molar-refractivity contribution is 7.99. The Bertz CT molecular complexity index is 377. The zero-order valence-corrected chi connectivity index (χ0v) is 12.0. The Morgan fingerprint density at radius 2 is 1.95 bits per heavy atom. The molecule has 1 fully saturated rings. The molecule has 0 aromatic heterocycles. The maximum atomic E-state index is 11.7. The van der Waals surface area contributed by atoms with E-state index < -0.39 is 0 Å². The third-order valence-electron chi connectivity index (χ3n) is 3.39. The Balaban J connectivity index is 1.57. The summed E-state index contributed by atoms with van der Waals surface area (Å²) in [6, 6.07) is 10.00. The summed E-state index contributed by atoms with van der Waals surface area (Å²) < 4.78 is 0. The monoisotopic (exact) mass is 278 g/mol. The number of carbonyl (C=O) groups excluding carboxylic acids is 1. The fourth-order valence-electron chi connectivity index (χ4n) is 2.20. The van der Waals surface area contributed by atoms with Crippen molar-refractivity contribution in [3.63, 3.8) is 0 Å². The van der Waals surface area contributed by atoms with Crippen molar-refractivity contribution in [1.29, 1.82) is 0 Å². The molecule has 1 aliphatic rings. The molecule has 4 heteroatoms. The Kier molecular flexibility index (Phi) is 6.24. The van der Waals surface area contributed by atoms with E-state index in [0.29, 0.717) is 13.1 Å². The van der Waals surface area contributed by atoms with Crippen molar-refractivity contribution < 1.29 is 4.79 Å². The van der Waals surface area contributed by atoms with E-state index in [-0.39, 0.29) is 5.91 Å². The second-order valence-electron chi connectivity index (χ2n) is 4.95. The van der Waals surface area contributed by atoms with Crippen LogP contribution in [0.25, 0.3) is 0 Å². The van der Waals surface area contributed by atoms with E-state index in [2.05, 4.69) is 10.6 Å². The van der Waals surface area contributed by atoms with Crippen LogP contribution in [0.4, 0.5) is 0 Å². The first kappa shape index (κ1) is 14.4. The van der Waals surface area contributed by atoms with Crippen molar-refractivity contribution in [3.05, 3.63) is 35.9 Å². The van der Waals surface area contributed by atoms with Gasteiger partial charge in [0.05, 0.1) is 6.54 Å². The van der Waals surface area contributed by atoms with Gasteiger partial charge in [-0.1, -0.05) is 30.3 Å². The molecule has 19 heavy (non-hydrogen) atoms. The van der Waals surface area contributed by atoms with Gasteiger partial charge in [0.15, 0.2) is 0 Å². The highest BCUT2D eigenvalue weighted by atomic mass is 32.2.